The fourth-order valence-electron chi connectivity index (χ4n) is 2.67. The number of nitrogens with two attached hydrogens (primary N) is 1. The zero-order valence-corrected chi connectivity index (χ0v) is 10.6. The summed E-state index contributed by atoms with van der Waals surface area (Å²) in [6, 6.07) is 5.86. The molecule has 94 valence electrons. The van der Waals surface area contributed by atoms with Crippen molar-refractivity contribution in [1.82, 2.24) is 9.97 Å². The molecule has 1 aromatic carbocycles. The fourth-order valence-corrected chi connectivity index (χ4v) is 2.67. The molecule has 2 aromatic rings. The van der Waals surface area contributed by atoms with Gasteiger partial charge in [-0.05, 0) is 30.5 Å². The Morgan fingerprint density at radius 2 is 2.28 bits per heavy atom. The average molecular weight is 242 g/mol. The highest BCUT2D eigenvalue weighted by atomic mass is 15.2. The maximum atomic E-state index is 5.80. The zero-order chi connectivity index (χ0) is 12.5. The molecule has 1 aromatic heterocycles. The summed E-state index contributed by atoms with van der Waals surface area (Å²) >= 11 is 0. The van der Waals surface area contributed by atoms with Crippen molar-refractivity contribution in [2.45, 2.75) is 19.8 Å². The second kappa shape index (κ2) is 4.44. The highest BCUT2D eigenvalue weighted by Gasteiger charge is 2.23. The van der Waals surface area contributed by atoms with Crippen molar-refractivity contribution in [3.05, 3.63) is 24.5 Å². The fraction of sp³-hybridized carbons (Fsp3) is 0.429. The third-order valence-corrected chi connectivity index (χ3v) is 3.80. The Hall–Kier alpha value is -1.84. The van der Waals surface area contributed by atoms with Gasteiger partial charge in [-0.2, -0.15) is 0 Å². The molecule has 1 fully saturated rings. The smallest absolute Gasteiger partial charge is 0.139 e. The van der Waals surface area contributed by atoms with E-state index < -0.39 is 0 Å². The number of hydrogen-bond acceptors (Lipinski definition) is 4. The van der Waals surface area contributed by atoms with Crippen LogP contribution in [-0.2, 0) is 0 Å². The lowest BCUT2D eigenvalue weighted by Gasteiger charge is -2.18. The zero-order valence-electron chi connectivity index (χ0n) is 10.6. The highest BCUT2D eigenvalue weighted by molar-refractivity contribution is 5.91. The van der Waals surface area contributed by atoms with Gasteiger partial charge in [-0.3, -0.25) is 0 Å². The molecule has 1 aliphatic heterocycles. The molecule has 0 aliphatic carbocycles. The SMILES string of the molecule is CCC1CCN(c2ncnc3cc(N)ccc23)C1. The van der Waals surface area contributed by atoms with Crippen molar-refractivity contribution in [3.63, 3.8) is 0 Å². The van der Waals surface area contributed by atoms with Crippen LogP contribution in [0.4, 0.5) is 11.5 Å². The van der Waals surface area contributed by atoms with Gasteiger partial charge in [-0.1, -0.05) is 13.3 Å². The van der Waals surface area contributed by atoms with E-state index in [-0.39, 0.29) is 0 Å². The largest absolute Gasteiger partial charge is 0.399 e. The van der Waals surface area contributed by atoms with E-state index in [2.05, 4.69) is 21.8 Å². The summed E-state index contributed by atoms with van der Waals surface area (Å²) in [7, 11) is 0. The van der Waals surface area contributed by atoms with E-state index in [1.807, 2.05) is 18.2 Å². The maximum absolute atomic E-state index is 5.80. The molecule has 1 atom stereocenters. The van der Waals surface area contributed by atoms with Crippen LogP contribution in [0.5, 0.6) is 0 Å². The standard InChI is InChI=1S/C14H18N4/c1-2-10-5-6-18(8-10)14-12-4-3-11(15)7-13(12)16-9-17-14/h3-4,7,9-10H,2,5-6,8,15H2,1H3. The monoisotopic (exact) mass is 242 g/mol. The minimum Gasteiger partial charge on any atom is -0.399 e. The van der Waals surface area contributed by atoms with E-state index in [1.54, 1.807) is 6.33 Å². The van der Waals surface area contributed by atoms with E-state index in [4.69, 9.17) is 5.73 Å². The summed E-state index contributed by atoms with van der Waals surface area (Å²) < 4.78 is 0. The van der Waals surface area contributed by atoms with Crippen LogP contribution in [0.15, 0.2) is 24.5 Å². The third kappa shape index (κ3) is 1.88. The van der Waals surface area contributed by atoms with Crippen molar-refractivity contribution in [1.29, 1.82) is 0 Å². The van der Waals surface area contributed by atoms with Gasteiger partial charge in [0.1, 0.15) is 12.1 Å². The third-order valence-electron chi connectivity index (χ3n) is 3.80. The minimum atomic E-state index is 0.750. The number of aromatic nitrogens is 2. The molecule has 1 aliphatic rings. The van der Waals surface area contributed by atoms with Crippen LogP contribution in [0.1, 0.15) is 19.8 Å². The van der Waals surface area contributed by atoms with Gasteiger partial charge < -0.3 is 10.6 Å². The molecule has 4 nitrogen and oxygen atoms in total. The Bertz CT molecular complexity index is 567. The Kier molecular flexibility index (Phi) is 2.78. The molecule has 2 N–H and O–H groups in total. The lowest BCUT2D eigenvalue weighted by Crippen LogP contribution is -2.21. The first kappa shape index (κ1) is 11.3. The number of nitrogens with zero attached hydrogens (tertiary/aromatic N) is 3. The van der Waals surface area contributed by atoms with Gasteiger partial charge in [0.15, 0.2) is 0 Å². The summed E-state index contributed by atoms with van der Waals surface area (Å²) in [4.78, 5) is 11.1. The second-order valence-corrected chi connectivity index (χ2v) is 4.98. The average Bonchev–Trinajstić information content (AvgIpc) is 2.86. The predicted octanol–water partition coefficient (Wildman–Crippen LogP) is 2.45. The number of anilines is 2. The number of hydrogen-bond donors (Lipinski definition) is 1. The topological polar surface area (TPSA) is 55.0 Å². The Labute approximate surface area is 107 Å². The summed E-state index contributed by atoms with van der Waals surface area (Å²) in [6.07, 6.45) is 4.14. The maximum Gasteiger partial charge on any atom is 0.139 e. The van der Waals surface area contributed by atoms with Crippen LogP contribution in [0.3, 0.4) is 0 Å². The van der Waals surface area contributed by atoms with Crippen LogP contribution in [0, 0.1) is 5.92 Å². The molecule has 1 unspecified atom stereocenters. The van der Waals surface area contributed by atoms with E-state index in [0.29, 0.717) is 0 Å². The van der Waals surface area contributed by atoms with Gasteiger partial charge in [-0.15, -0.1) is 0 Å². The quantitative estimate of drug-likeness (QED) is 0.822. The first-order chi connectivity index (χ1) is 8.78. The van der Waals surface area contributed by atoms with Crippen molar-refractivity contribution < 1.29 is 0 Å². The summed E-state index contributed by atoms with van der Waals surface area (Å²) in [6.45, 7) is 4.45. The van der Waals surface area contributed by atoms with Crippen molar-refractivity contribution >= 4 is 22.4 Å². The van der Waals surface area contributed by atoms with E-state index in [9.17, 15) is 0 Å². The van der Waals surface area contributed by atoms with Gasteiger partial charge in [0.05, 0.1) is 5.52 Å². The molecule has 18 heavy (non-hydrogen) atoms. The van der Waals surface area contributed by atoms with E-state index >= 15 is 0 Å². The number of rotatable bonds is 2. The van der Waals surface area contributed by atoms with Gasteiger partial charge >= 0.3 is 0 Å². The Morgan fingerprint density at radius 1 is 1.39 bits per heavy atom. The summed E-state index contributed by atoms with van der Waals surface area (Å²) in [5.41, 5.74) is 7.48. The van der Waals surface area contributed by atoms with Crippen LogP contribution >= 0.6 is 0 Å². The van der Waals surface area contributed by atoms with E-state index in [1.165, 1.54) is 12.8 Å². The highest BCUT2D eigenvalue weighted by Crippen LogP contribution is 2.29. The molecule has 1 saturated heterocycles. The molecule has 0 radical (unpaired) electrons. The van der Waals surface area contributed by atoms with Gasteiger partial charge in [0.25, 0.3) is 0 Å². The normalized spacial score (nSPS) is 19.6. The second-order valence-electron chi connectivity index (χ2n) is 4.98. The first-order valence-corrected chi connectivity index (χ1v) is 6.53. The van der Waals surface area contributed by atoms with Crippen molar-refractivity contribution in [3.8, 4) is 0 Å². The van der Waals surface area contributed by atoms with Crippen molar-refractivity contribution in [2.75, 3.05) is 23.7 Å². The van der Waals surface area contributed by atoms with E-state index in [0.717, 1.165) is 41.4 Å². The van der Waals surface area contributed by atoms with Crippen LogP contribution < -0.4 is 10.6 Å². The summed E-state index contributed by atoms with van der Waals surface area (Å²) in [5.74, 6) is 1.85. The molecule has 3 rings (SSSR count). The number of nitrogen functional groups attached to an aromatic ring is 1. The minimum absolute atomic E-state index is 0.750. The molecule has 0 bridgehead atoms. The molecule has 0 saturated carbocycles. The molecular formula is C14H18N4. The molecule has 0 amide bonds. The molecular weight excluding hydrogens is 224 g/mol. The molecule has 4 heteroatoms. The number of fused-ring (bicyclic) bond motifs is 1. The van der Waals surface area contributed by atoms with Crippen LogP contribution in [0.2, 0.25) is 0 Å². The Balaban J connectivity index is 2.02. The van der Waals surface area contributed by atoms with Gasteiger partial charge in [0.2, 0.25) is 0 Å². The lowest BCUT2D eigenvalue weighted by molar-refractivity contribution is 0.569. The first-order valence-electron chi connectivity index (χ1n) is 6.53. The molecule has 2 heterocycles. The Morgan fingerprint density at radius 3 is 3.06 bits per heavy atom. The summed E-state index contributed by atoms with van der Waals surface area (Å²) in [5, 5.41) is 1.10. The lowest BCUT2D eigenvalue weighted by atomic mass is 10.1. The van der Waals surface area contributed by atoms with Crippen LogP contribution in [0.25, 0.3) is 10.9 Å². The van der Waals surface area contributed by atoms with Crippen LogP contribution in [-0.4, -0.2) is 23.1 Å². The predicted molar refractivity (Wildman–Crippen MR) is 74.6 cm³/mol. The van der Waals surface area contributed by atoms with Crippen molar-refractivity contribution in [2.24, 2.45) is 5.92 Å². The number of benzene rings is 1. The van der Waals surface area contributed by atoms with Gasteiger partial charge in [-0.25, -0.2) is 9.97 Å². The molecule has 0 spiro atoms. The van der Waals surface area contributed by atoms with Gasteiger partial charge in [0, 0.05) is 24.2 Å².